The molecule has 0 aliphatic carbocycles. The Morgan fingerprint density at radius 3 is 2.78 bits per heavy atom. The van der Waals surface area contributed by atoms with Gasteiger partial charge in [-0.25, -0.2) is 0 Å². The van der Waals surface area contributed by atoms with Crippen molar-refractivity contribution < 1.29 is 4.84 Å². The highest BCUT2D eigenvalue weighted by Gasteiger charge is 1.93. The zero-order chi connectivity index (χ0) is 12.8. The van der Waals surface area contributed by atoms with E-state index >= 15 is 0 Å². The lowest BCUT2D eigenvalue weighted by atomic mass is 10.1. The van der Waals surface area contributed by atoms with Crippen LogP contribution in [0.5, 0.6) is 0 Å². The molecule has 0 radical (unpaired) electrons. The van der Waals surface area contributed by atoms with Gasteiger partial charge in [0.1, 0.15) is 6.61 Å². The van der Waals surface area contributed by atoms with Gasteiger partial charge in [-0.15, -0.1) is 0 Å². The fourth-order valence-corrected chi connectivity index (χ4v) is 1.80. The first-order valence-corrected chi connectivity index (χ1v) is 6.08. The predicted octanol–water partition coefficient (Wildman–Crippen LogP) is 4.20. The second-order valence-electron chi connectivity index (χ2n) is 4.05. The molecule has 0 bridgehead atoms. The molecule has 3 heteroatoms. The highest BCUT2D eigenvalue weighted by atomic mass is 35.5. The van der Waals surface area contributed by atoms with E-state index < -0.39 is 0 Å². The average molecular weight is 260 g/mol. The molecule has 0 saturated heterocycles. The van der Waals surface area contributed by atoms with Crippen LogP contribution in [0.4, 0.5) is 0 Å². The fourth-order valence-electron chi connectivity index (χ4n) is 1.60. The summed E-state index contributed by atoms with van der Waals surface area (Å²) < 4.78 is 0. The lowest BCUT2D eigenvalue weighted by molar-refractivity contribution is 0.132. The topological polar surface area (TPSA) is 21.6 Å². The summed E-state index contributed by atoms with van der Waals surface area (Å²) >= 11 is 5.87. The van der Waals surface area contributed by atoms with Gasteiger partial charge in [-0.1, -0.05) is 58.7 Å². The quantitative estimate of drug-likeness (QED) is 0.596. The maximum absolute atomic E-state index is 5.87. The Hall–Kier alpha value is -1.80. The highest BCUT2D eigenvalue weighted by molar-refractivity contribution is 6.30. The first kappa shape index (κ1) is 12.7. The van der Waals surface area contributed by atoms with Crippen molar-refractivity contribution in [2.45, 2.75) is 13.5 Å². The number of halogens is 1. The molecule has 2 rings (SSSR count). The number of hydrogen-bond donors (Lipinski definition) is 0. The van der Waals surface area contributed by atoms with Crippen LogP contribution in [0.3, 0.4) is 0 Å². The van der Waals surface area contributed by atoms with Crippen LogP contribution in [-0.4, -0.2) is 6.21 Å². The Morgan fingerprint density at radius 2 is 2.00 bits per heavy atom. The summed E-state index contributed by atoms with van der Waals surface area (Å²) in [5, 5.41) is 4.62. The van der Waals surface area contributed by atoms with Crippen LogP contribution in [0.15, 0.2) is 53.7 Å². The number of nitrogens with zero attached hydrogens (tertiary/aromatic N) is 1. The Kier molecular flexibility index (Phi) is 4.37. The molecule has 0 fully saturated rings. The Morgan fingerprint density at radius 1 is 1.17 bits per heavy atom. The molecule has 2 aromatic carbocycles. The molecule has 0 heterocycles. The maximum Gasteiger partial charge on any atom is 0.142 e. The number of benzene rings is 2. The number of aryl methyl sites for hydroxylation is 1. The minimum atomic E-state index is 0.471. The summed E-state index contributed by atoms with van der Waals surface area (Å²) in [5.74, 6) is 0. The van der Waals surface area contributed by atoms with Crippen molar-refractivity contribution in [1.82, 2.24) is 0 Å². The molecule has 0 aliphatic heterocycles. The third-order valence-electron chi connectivity index (χ3n) is 2.44. The second-order valence-corrected chi connectivity index (χ2v) is 4.49. The predicted molar refractivity (Wildman–Crippen MR) is 75.0 cm³/mol. The van der Waals surface area contributed by atoms with Gasteiger partial charge in [0.25, 0.3) is 0 Å². The molecule has 2 nitrogen and oxygen atoms in total. The summed E-state index contributed by atoms with van der Waals surface area (Å²) in [4.78, 5) is 5.24. The van der Waals surface area contributed by atoms with Gasteiger partial charge in [0, 0.05) is 5.02 Å². The van der Waals surface area contributed by atoms with Crippen LogP contribution < -0.4 is 0 Å². The van der Waals surface area contributed by atoms with E-state index in [2.05, 4.69) is 24.2 Å². The average Bonchev–Trinajstić information content (AvgIpc) is 2.35. The molecule has 0 spiro atoms. The van der Waals surface area contributed by atoms with E-state index in [1.807, 2.05) is 36.4 Å². The minimum Gasteiger partial charge on any atom is -0.391 e. The summed E-state index contributed by atoms with van der Waals surface area (Å²) in [6, 6.07) is 15.6. The minimum absolute atomic E-state index is 0.471. The molecule has 0 saturated carbocycles. The van der Waals surface area contributed by atoms with Crippen molar-refractivity contribution in [2.24, 2.45) is 5.16 Å². The number of rotatable bonds is 4. The lowest BCUT2D eigenvalue weighted by Gasteiger charge is -2.00. The fraction of sp³-hybridized carbons (Fsp3) is 0.133. The van der Waals surface area contributed by atoms with Gasteiger partial charge < -0.3 is 4.84 Å². The van der Waals surface area contributed by atoms with Crippen molar-refractivity contribution in [3.05, 3.63) is 70.2 Å². The lowest BCUT2D eigenvalue weighted by Crippen LogP contribution is -1.88. The van der Waals surface area contributed by atoms with Gasteiger partial charge in [0.05, 0.1) is 6.21 Å². The molecular formula is C15H14ClNO. The molecular weight excluding hydrogens is 246 g/mol. The first-order chi connectivity index (χ1) is 8.74. The zero-order valence-corrected chi connectivity index (χ0v) is 10.9. The zero-order valence-electron chi connectivity index (χ0n) is 10.1. The SMILES string of the molecule is Cc1cccc(CON=Cc2cccc(Cl)c2)c1. The smallest absolute Gasteiger partial charge is 0.142 e. The standard InChI is InChI=1S/C15H14ClNO/c1-12-4-2-6-14(8-12)11-18-17-10-13-5-3-7-15(16)9-13/h2-10H,11H2,1H3. The molecule has 18 heavy (non-hydrogen) atoms. The van der Waals surface area contributed by atoms with Crippen molar-refractivity contribution in [3.8, 4) is 0 Å². The molecule has 2 aromatic rings. The van der Waals surface area contributed by atoms with E-state index in [0.29, 0.717) is 11.6 Å². The number of oxime groups is 1. The Bertz CT molecular complexity index is 552. The van der Waals surface area contributed by atoms with Crippen molar-refractivity contribution in [1.29, 1.82) is 0 Å². The Balaban J connectivity index is 1.89. The molecule has 0 aliphatic rings. The van der Waals surface area contributed by atoms with Gasteiger partial charge in [-0.05, 0) is 30.2 Å². The van der Waals surface area contributed by atoms with Crippen LogP contribution >= 0.6 is 11.6 Å². The van der Waals surface area contributed by atoms with E-state index in [9.17, 15) is 0 Å². The molecule has 0 amide bonds. The number of hydrogen-bond acceptors (Lipinski definition) is 2. The molecule has 0 N–H and O–H groups in total. The monoisotopic (exact) mass is 259 g/mol. The highest BCUT2D eigenvalue weighted by Crippen LogP contribution is 2.09. The molecule has 0 unspecified atom stereocenters. The van der Waals surface area contributed by atoms with Gasteiger partial charge in [0.2, 0.25) is 0 Å². The van der Waals surface area contributed by atoms with Crippen LogP contribution in [0.25, 0.3) is 0 Å². The van der Waals surface area contributed by atoms with E-state index in [1.165, 1.54) is 5.56 Å². The third-order valence-corrected chi connectivity index (χ3v) is 2.67. The molecule has 0 atom stereocenters. The second kappa shape index (κ2) is 6.22. The van der Waals surface area contributed by atoms with Crippen LogP contribution in [0.1, 0.15) is 16.7 Å². The van der Waals surface area contributed by atoms with Crippen LogP contribution in [-0.2, 0) is 11.4 Å². The van der Waals surface area contributed by atoms with Crippen molar-refractivity contribution in [2.75, 3.05) is 0 Å². The molecule has 92 valence electrons. The van der Waals surface area contributed by atoms with Crippen LogP contribution in [0.2, 0.25) is 5.02 Å². The first-order valence-electron chi connectivity index (χ1n) is 5.70. The van der Waals surface area contributed by atoms with Crippen LogP contribution in [0, 0.1) is 6.92 Å². The summed E-state index contributed by atoms with van der Waals surface area (Å²) in [6.45, 7) is 2.53. The third kappa shape index (κ3) is 3.90. The summed E-state index contributed by atoms with van der Waals surface area (Å²) in [5.41, 5.74) is 3.25. The Labute approximate surface area is 112 Å². The van der Waals surface area contributed by atoms with Crippen molar-refractivity contribution >= 4 is 17.8 Å². The summed E-state index contributed by atoms with van der Waals surface area (Å²) in [7, 11) is 0. The van der Waals surface area contributed by atoms with Gasteiger partial charge in [0.15, 0.2) is 0 Å². The van der Waals surface area contributed by atoms with E-state index in [0.717, 1.165) is 11.1 Å². The van der Waals surface area contributed by atoms with E-state index in [4.69, 9.17) is 16.4 Å². The van der Waals surface area contributed by atoms with Gasteiger partial charge in [-0.3, -0.25) is 0 Å². The van der Waals surface area contributed by atoms with E-state index in [-0.39, 0.29) is 0 Å². The van der Waals surface area contributed by atoms with Gasteiger partial charge >= 0.3 is 0 Å². The largest absolute Gasteiger partial charge is 0.391 e. The summed E-state index contributed by atoms with van der Waals surface area (Å²) in [6.07, 6.45) is 1.65. The normalized spacial score (nSPS) is 10.8. The molecule has 0 aromatic heterocycles. The maximum atomic E-state index is 5.87. The van der Waals surface area contributed by atoms with E-state index in [1.54, 1.807) is 6.21 Å². The van der Waals surface area contributed by atoms with Crippen molar-refractivity contribution in [3.63, 3.8) is 0 Å². The van der Waals surface area contributed by atoms with Gasteiger partial charge in [-0.2, -0.15) is 0 Å².